The summed E-state index contributed by atoms with van der Waals surface area (Å²) in [5, 5.41) is 3.32. The van der Waals surface area contributed by atoms with Crippen LogP contribution in [0.4, 0.5) is 0 Å². The number of rotatable bonds is 2. The number of nitrogens with zero attached hydrogens (tertiary/aromatic N) is 2. The predicted molar refractivity (Wildman–Crippen MR) is 99.4 cm³/mol. The Bertz CT molecular complexity index is 883. The number of thiocarbonyl (C=S) groups is 1. The Morgan fingerprint density at radius 3 is 2.13 bits per heavy atom. The molecule has 0 amide bonds. The topological polar surface area (TPSA) is 26.5 Å². The van der Waals surface area contributed by atoms with Gasteiger partial charge < -0.3 is 9.30 Å². The van der Waals surface area contributed by atoms with Gasteiger partial charge in [-0.1, -0.05) is 43.3 Å². The van der Waals surface area contributed by atoms with Crippen molar-refractivity contribution in [1.29, 1.82) is 0 Å². The summed E-state index contributed by atoms with van der Waals surface area (Å²) >= 11 is 5.34. The maximum Gasteiger partial charge on any atom is 0.284 e. The SMILES string of the molecule is CCC(C)OC(=S)N=c1c2ccccc2n(C)c2ccccc12. The first-order valence-corrected chi connectivity index (χ1v) is 8.24. The molecule has 0 aliphatic carbocycles. The molecule has 23 heavy (non-hydrogen) atoms. The Balaban J connectivity index is 2.33. The molecule has 2 aromatic carbocycles. The number of hydrogen-bond acceptors (Lipinski definition) is 2. The van der Waals surface area contributed by atoms with Gasteiger partial charge in [0.25, 0.3) is 5.17 Å². The van der Waals surface area contributed by atoms with E-state index in [1.54, 1.807) is 0 Å². The Morgan fingerprint density at radius 2 is 1.61 bits per heavy atom. The molecule has 0 radical (unpaired) electrons. The van der Waals surface area contributed by atoms with Crippen LogP contribution in [0.15, 0.2) is 53.5 Å². The van der Waals surface area contributed by atoms with Crippen molar-refractivity contribution in [1.82, 2.24) is 4.57 Å². The number of pyridine rings is 1. The molecule has 0 N–H and O–H groups in total. The monoisotopic (exact) mass is 324 g/mol. The minimum atomic E-state index is 0.0728. The Morgan fingerprint density at radius 1 is 1.09 bits per heavy atom. The number of aryl methyl sites for hydroxylation is 1. The molecule has 1 atom stereocenters. The summed E-state index contributed by atoms with van der Waals surface area (Å²) in [6.45, 7) is 4.07. The first-order valence-electron chi connectivity index (χ1n) is 7.83. The van der Waals surface area contributed by atoms with Crippen molar-refractivity contribution < 1.29 is 4.74 Å². The van der Waals surface area contributed by atoms with Crippen LogP contribution in [-0.4, -0.2) is 15.8 Å². The van der Waals surface area contributed by atoms with E-state index >= 15 is 0 Å². The van der Waals surface area contributed by atoms with Gasteiger partial charge >= 0.3 is 0 Å². The lowest BCUT2D eigenvalue weighted by molar-refractivity contribution is 0.206. The molecule has 3 nitrogen and oxygen atoms in total. The van der Waals surface area contributed by atoms with Crippen LogP contribution in [0.5, 0.6) is 0 Å². The lowest BCUT2D eigenvalue weighted by Gasteiger charge is -2.13. The number of fused-ring (bicyclic) bond motifs is 2. The summed E-state index contributed by atoms with van der Waals surface area (Å²) in [7, 11) is 2.07. The van der Waals surface area contributed by atoms with Crippen molar-refractivity contribution in [2.45, 2.75) is 26.4 Å². The molecule has 0 saturated carbocycles. The number of aromatic nitrogens is 1. The van der Waals surface area contributed by atoms with Crippen molar-refractivity contribution >= 4 is 39.2 Å². The summed E-state index contributed by atoms with van der Waals surface area (Å²) in [4.78, 5) is 4.64. The lowest BCUT2D eigenvalue weighted by atomic mass is 10.1. The molecule has 1 heterocycles. The van der Waals surface area contributed by atoms with E-state index in [0.717, 1.165) is 33.6 Å². The van der Waals surface area contributed by atoms with Gasteiger partial charge in [0, 0.05) is 17.8 Å². The van der Waals surface area contributed by atoms with Gasteiger partial charge in [-0.3, -0.25) is 0 Å². The molecule has 0 saturated heterocycles. The van der Waals surface area contributed by atoms with Crippen molar-refractivity contribution in [3.05, 3.63) is 53.9 Å². The van der Waals surface area contributed by atoms with E-state index in [4.69, 9.17) is 17.0 Å². The second-order valence-corrected chi connectivity index (χ2v) is 6.01. The molecule has 0 spiro atoms. The molecule has 0 aliphatic heterocycles. The second-order valence-electron chi connectivity index (χ2n) is 5.66. The van der Waals surface area contributed by atoms with Crippen LogP contribution >= 0.6 is 12.2 Å². The molecule has 118 valence electrons. The van der Waals surface area contributed by atoms with E-state index in [2.05, 4.69) is 47.8 Å². The van der Waals surface area contributed by atoms with E-state index in [9.17, 15) is 0 Å². The Hall–Kier alpha value is -2.20. The van der Waals surface area contributed by atoms with Gasteiger partial charge in [-0.15, -0.1) is 0 Å². The van der Waals surface area contributed by atoms with Gasteiger partial charge in [-0.05, 0) is 37.7 Å². The summed E-state index contributed by atoms with van der Waals surface area (Å²) in [6, 6.07) is 16.5. The zero-order chi connectivity index (χ0) is 16.4. The highest BCUT2D eigenvalue weighted by Gasteiger charge is 2.08. The zero-order valence-corrected chi connectivity index (χ0v) is 14.4. The summed E-state index contributed by atoms with van der Waals surface area (Å²) in [6.07, 6.45) is 0.976. The van der Waals surface area contributed by atoms with Gasteiger partial charge in [0.2, 0.25) is 0 Å². The smallest absolute Gasteiger partial charge is 0.284 e. The van der Waals surface area contributed by atoms with E-state index in [1.807, 2.05) is 31.2 Å². The fourth-order valence-electron chi connectivity index (χ4n) is 2.70. The highest BCUT2D eigenvalue weighted by atomic mass is 32.1. The molecular weight excluding hydrogens is 304 g/mol. The fourth-order valence-corrected chi connectivity index (χ4v) is 2.96. The highest BCUT2D eigenvalue weighted by Crippen LogP contribution is 2.17. The number of benzene rings is 2. The molecule has 0 bridgehead atoms. The van der Waals surface area contributed by atoms with E-state index in [0.29, 0.717) is 5.17 Å². The van der Waals surface area contributed by atoms with Crippen LogP contribution in [0.1, 0.15) is 20.3 Å². The number of hydrogen-bond donors (Lipinski definition) is 0. The average Bonchev–Trinajstić information content (AvgIpc) is 2.58. The van der Waals surface area contributed by atoms with Crippen LogP contribution < -0.4 is 5.36 Å². The quantitative estimate of drug-likeness (QED) is 0.518. The van der Waals surface area contributed by atoms with E-state index < -0.39 is 0 Å². The Kier molecular flexibility index (Phi) is 4.44. The largest absolute Gasteiger partial charge is 0.466 e. The van der Waals surface area contributed by atoms with Crippen LogP contribution in [0.2, 0.25) is 0 Å². The lowest BCUT2D eigenvalue weighted by Crippen LogP contribution is -2.16. The molecule has 0 aliphatic rings. The summed E-state index contributed by atoms with van der Waals surface area (Å²) in [5.74, 6) is 0. The van der Waals surface area contributed by atoms with Crippen LogP contribution in [0, 0.1) is 0 Å². The van der Waals surface area contributed by atoms with E-state index in [-0.39, 0.29) is 6.10 Å². The minimum absolute atomic E-state index is 0.0728. The first-order chi connectivity index (χ1) is 11.1. The van der Waals surface area contributed by atoms with Crippen LogP contribution in [0.25, 0.3) is 21.8 Å². The van der Waals surface area contributed by atoms with Gasteiger partial charge in [0.15, 0.2) is 0 Å². The molecule has 0 fully saturated rings. The van der Waals surface area contributed by atoms with Gasteiger partial charge in [-0.2, -0.15) is 0 Å². The molecule has 4 heteroatoms. The van der Waals surface area contributed by atoms with E-state index in [1.165, 1.54) is 0 Å². The van der Waals surface area contributed by atoms with Crippen molar-refractivity contribution in [3.63, 3.8) is 0 Å². The van der Waals surface area contributed by atoms with Gasteiger partial charge in [-0.25, -0.2) is 4.99 Å². The minimum Gasteiger partial charge on any atom is -0.466 e. The van der Waals surface area contributed by atoms with Gasteiger partial charge in [0.1, 0.15) is 0 Å². The van der Waals surface area contributed by atoms with Gasteiger partial charge in [0.05, 0.1) is 22.5 Å². The molecule has 1 aromatic heterocycles. The highest BCUT2D eigenvalue weighted by molar-refractivity contribution is 7.80. The fraction of sp³-hybridized carbons (Fsp3) is 0.263. The average molecular weight is 324 g/mol. The molecule has 3 aromatic rings. The molecular formula is C19H20N2OS. The molecule has 1 unspecified atom stereocenters. The van der Waals surface area contributed by atoms with Crippen molar-refractivity contribution in [2.75, 3.05) is 0 Å². The number of ether oxygens (including phenoxy) is 1. The van der Waals surface area contributed by atoms with Crippen molar-refractivity contribution in [2.24, 2.45) is 12.0 Å². The molecule has 3 rings (SSSR count). The maximum absolute atomic E-state index is 5.69. The third-order valence-electron chi connectivity index (χ3n) is 4.12. The predicted octanol–water partition coefficient (Wildman–Crippen LogP) is 4.33. The van der Waals surface area contributed by atoms with Crippen LogP contribution in [-0.2, 0) is 11.8 Å². The normalized spacial score (nSPS) is 12.3. The maximum atomic E-state index is 5.69. The third kappa shape index (κ3) is 2.99. The summed E-state index contributed by atoms with van der Waals surface area (Å²) < 4.78 is 7.87. The summed E-state index contributed by atoms with van der Waals surface area (Å²) in [5.41, 5.74) is 2.24. The van der Waals surface area contributed by atoms with Crippen molar-refractivity contribution in [3.8, 4) is 0 Å². The zero-order valence-electron chi connectivity index (χ0n) is 13.6. The third-order valence-corrected chi connectivity index (χ3v) is 4.31. The second kappa shape index (κ2) is 6.50. The van der Waals surface area contributed by atoms with Crippen LogP contribution in [0.3, 0.4) is 0 Å². The first kappa shape index (κ1) is 15.7. The number of para-hydroxylation sites is 2. The Labute approximate surface area is 141 Å². The standard InChI is InChI=1S/C19H20N2OS/c1-4-13(2)22-19(23)20-18-14-9-5-7-11-16(14)21(3)17-12-8-6-10-15(17)18/h5-13H,4H2,1-3H3.